The van der Waals surface area contributed by atoms with Crippen molar-refractivity contribution in [2.24, 2.45) is 0 Å². The highest BCUT2D eigenvalue weighted by atomic mass is 16.5. The molecule has 2 heterocycles. The summed E-state index contributed by atoms with van der Waals surface area (Å²) in [5, 5.41) is 0. The quantitative estimate of drug-likeness (QED) is 0.906. The second kappa shape index (κ2) is 4.72. The van der Waals surface area contributed by atoms with E-state index >= 15 is 0 Å². The first-order valence-electron chi connectivity index (χ1n) is 6.19. The third-order valence-electron chi connectivity index (χ3n) is 3.31. The lowest BCUT2D eigenvalue weighted by Gasteiger charge is -2.10. The minimum atomic E-state index is -0.406. The number of aromatic nitrogens is 1. The van der Waals surface area contributed by atoms with Gasteiger partial charge in [0, 0.05) is 36.5 Å². The van der Waals surface area contributed by atoms with E-state index in [2.05, 4.69) is 4.98 Å². The van der Waals surface area contributed by atoms with Gasteiger partial charge in [0.1, 0.15) is 5.75 Å². The van der Waals surface area contributed by atoms with Crippen molar-refractivity contribution < 1.29 is 9.53 Å². The number of fused-ring (bicyclic) bond motifs is 1. The molecule has 2 aromatic rings. The van der Waals surface area contributed by atoms with Gasteiger partial charge in [-0.15, -0.1) is 0 Å². The number of nitrogen functional groups attached to an aromatic ring is 1. The Balaban J connectivity index is 1.72. The van der Waals surface area contributed by atoms with Gasteiger partial charge in [0.25, 0.3) is 0 Å². The molecular formula is C15H14N2O2. The Morgan fingerprint density at radius 2 is 2.21 bits per heavy atom. The van der Waals surface area contributed by atoms with Gasteiger partial charge in [-0.3, -0.25) is 9.78 Å². The normalized spacial score (nSPS) is 16.7. The summed E-state index contributed by atoms with van der Waals surface area (Å²) in [5.74, 6) is 0.843. The number of carbonyl (C=O) groups excluding carboxylic acids is 1. The number of ketones is 1. The van der Waals surface area contributed by atoms with Crippen LogP contribution in [0.4, 0.5) is 5.69 Å². The van der Waals surface area contributed by atoms with Crippen LogP contribution in [-0.2, 0) is 17.6 Å². The van der Waals surface area contributed by atoms with Gasteiger partial charge in [-0.1, -0.05) is 18.2 Å². The second-order valence-corrected chi connectivity index (χ2v) is 4.64. The molecule has 2 N–H and O–H groups in total. The molecule has 1 aromatic carbocycles. The van der Waals surface area contributed by atoms with Crippen molar-refractivity contribution in [3.8, 4) is 5.75 Å². The Kier molecular flexibility index (Phi) is 2.91. The van der Waals surface area contributed by atoms with E-state index in [0.29, 0.717) is 12.1 Å². The molecule has 0 bridgehead atoms. The first-order chi connectivity index (χ1) is 9.24. The number of carbonyl (C=O) groups is 1. The van der Waals surface area contributed by atoms with Crippen LogP contribution in [0.25, 0.3) is 0 Å². The average Bonchev–Trinajstić information content (AvgIpc) is 2.85. The van der Waals surface area contributed by atoms with Gasteiger partial charge in [-0.2, -0.15) is 0 Å². The summed E-state index contributed by atoms with van der Waals surface area (Å²) in [4.78, 5) is 16.2. The molecule has 0 saturated heterocycles. The Hall–Kier alpha value is -2.36. The number of pyridine rings is 1. The van der Waals surface area contributed by atoms with Gasteiger partial charge >= 0.3 is 0 Å². The summed E-state index contributed by atoms with van der Waals surface area (Å²) in [5.41, 5.74) is 8.25. The molecule has 0 fully saturated rings. The number of anilines is 1. The molecule has 0 amide bonds. The van der Waals surface area contributed by atoms with Crippen LogP contribution in [-0.4, -0.2) is 16.9 Å². The highest BCUT2D eigenvalue weighted by molar-refractivity contribution is 5.87. The predicted molar refractivity (Wildman–Crippen MR) is 71.9 cm³/mol. The van der Waals surface area contributed by atoms with E-state index in [1.54, 1.807) is 18.5 Å². The predicted octanol–water partition coefficient (Wildman–Crippen LogP) is 1.78. The standard InChI is InChI=1S/C15H14N2O2/c16-12-5-6-17-9-11(12)7-13(18)15-8-10-3-1-2-4-14(10)19-15/h1-6,9,15H,7-8H2,(H2,16,17). The van der Waals surface area contributed by atoms with E-state index in [9.17, 15) is 4.79 Å². The number of rotatable bonds is 3. The van der Waals surface area contributed by atoms with E-state index in [1.165, 1.54) is 0 Å². The van der Waals surface area contributed by atoms with Crippen LogP contribution in [0.15, 0.2) is 42.7 Å². The number of Topliss-reactive ketones (excluding diaryl/α,β-unsaturated/α-hetero) is 1. The highest BCUT2D eigenvalue weighted by Gasteiger charge is 2.28. The first-order valence-corrected chi connectivity index (χ1v) is 6.19. The Morgan fingerprint density at radius 1 is 1.37 bits per heavy atom. The molecular weight excluding hydrogens is 240 g/mol. The van der Waals surface area contributed by atoms with Gasteiger partial charge in [-0.05, 0) is 17.7 Å². The summed E-state index contributed by atoms with van der Waals surface area (Å²) < 4.78 is 5.67. The molecule has 0 radical (unpaired) electrons. The smallest absolute Gasteiger partial charge is 0.178 e. The number of hydrogen-bond acceptors (Lipinski definition) is 4. The molecule has 1 aliphatic rings. The zero-order chi connectivity index (χ0) is 13.2. The molecule has 0 saturated carbocycles. The number of nitrogens with two attached hydrogens (primary N) is 1. The van der Waals surface area contributed by atoms with E-state index in [-0.39, 0.29) is 12.2 Å². The minimum absolute atomic E-state index is 0.0379. The fourth-order valence-electron chi connectivity index (χ4n) is 2.25. The molecule has 19 heavy (non-hydrogen) atoms. The van der Waals surface area contributed by atoms with Crippen molar-refractivity contribution in [2.75, 3.05) is 5.73 Å². The van der Waals surface area contributed by atoms with Crippen LogP contribution < -0.4 is 10.5 Å². The monoisotopic (exact) mass is 254 g/mol. The van der Waals surface area contributed by atoms with Gasteiger partial charge in [0.05, 0.1) is 0 Å². The molecule has 1 aliphatic heterocycles. The summed E-state index contributed by atoms with van der Waals surface area (Å²) in [6.45, 7) is 0. The van der Waals surface area contributed by atoms with Crippen LogP contribution >= 0.6 is 0 Å². The molecule has 3 rings (SSSR count). The number of ether oxygens (including phenoxy) is 1. The third-order valence-corrected chi connectivity index (χ3v) is 3.31. The van der Waals surface area contributed by atoms with Crippen molar-refractivity contribution in [2.45, 2.75) is 18.9 Å². The van der Waals surface area contributed by atoms with E-state index in [1.807, 2.05) is 24.3 Å². The maximum Gasteiger partial charge on any atom is 0.178 e. The van der Waals surface area contributed by atoms with Crippen molar-refractivity contribution in [3.63, 3.8) is 0 Å². The Labute approximate surface area is 111 Å². The molecule has 1 atom stereocenters. The minimum Gasteiger partial charge on any atom is -0.482 e. The molecule has 1 aromatic heterocycles. The summed E-state index contributed by atoms with van der Waals surface area (Å²) in [6.07, 6.45) is 3.74. The molecule has 4 nitrogen and oxygen atoms in total. The van der Waals surface area contributed by atoms with Crippen LogP contribution in [0.1, 0.15) is 11.1 Å². The molecule has 0 aliphatic carbocycles. The number of benzene rings is 1. The highest BCUT2D eigenvalue weighted by Crippen LogP contribution is 2.29. The van der Waals surface area contributed by atoms with Gasteiger partial charge < -0.3 is 10.5 Å². The first kappa shape index (κ1) is 11.7. The topological polar surface area (TPSA) is 65.2 Å². The van der Waals surface area contributed by atoms with Crippen LogP contribution in [0.2, 0.25) is 0 Å². The average molecular weight is 254 g/mol. The fraction of sp³-hybridized carbons (Fsp3) is 0.200. The lowest BCUT2D eigenvalue weighted by atomic mass is 10.0. The number of nitrogens with zero attached hydrogens (tertiary/aromatic N) is 1. The Bertz CT molecular complexity index is 600. The van der Waals surface area contributed by atoms with Crippen LogP contribution in [0.3, 0.4) is 0 Å². The lowest BCUT2D eigenvalue weighted by Crippen LogP contribution is -2.27. The van der Waals surface area contributed by atoms with Crippen molar-refractivity contribution >= 4 is 11.5 Å². The maximum atomic E-state index is 12.2. The van der Waals surface area contributed by atoms with Crippen LogP contribution in [0, 0.1) is 0 Å². The molecule has 1 unspecified atom stereocenters. The zero-order valence-corrected chi connectivity index (χ0v) is 10.4. The SMILES string of the molecule is Nc1ccncc1CC(=O)C1Cc2ccccc2O1. The van der Waals surface area contributed by atoms with E-state index < -0.39 is 6.10 Å². The van der Waals surface area contributed by atoms with Gasteiger partial charge in [-0.25, -0.2) is 0 Å². The van der Waals surface area contributed by atoms with E-state index in [0.717, 1.165) is 16.9 Å². The lowest BCUT2D eigenvalue weighted by molar-refractivity contribution is -0.124. The number of hydrogen-bond donors (Lipinski definition) is 1. The summed E-state index contributed by atoms with van der Waals surface area (Å²) in [6, 6.07) is 9.44. The Morgan fingerprint density at radius 3 is 3.00 bits per heavy atom. The zero-order valence-electron chi connectivity index (χ0n) is 10.4. The largest absolute Gasteiger partial charge is 0.482 e. The van der Waals surface area contributed by atoms with Gasteiger partial charge in [0.15, 0.2) is 11.9 Å². The van der Waals surface area contributed by atoms with Crippen molar-refractivity contribution in [1.82, 2.24) is 4.98 Å². The molecule has 96 valence electrons. The summed E-state index contributed by atoms with van der Waals surface area (Å²) in [7, 11) is 0. The maximum absolute atomic E-state index is 12.2. The fourth-order valence-corrected chi connectivity index (χ4v) is 2.25. The van der Waals surface area contributed by atoms with E-state index in [4.69, 9.17) is 10.5 Å². The van der Waals surface area contributed by atoms with Gasteiger partial charge in [0.2, 0.25) is 0 Å². The summed E-state index contributed by atoms with van der Waals surface area (Å²) >= 11 is 0. The third kappa shape index (κ3) is 2.29. The van der Waals surface area contributed by atoms with Crippen molar-refractivity contribution in [1.29, 1.82) is 0 Å². The van der Waals surface area contributed by atoms with Crippen molar-refractivity contribution in [3.05, 3.63) is 53.9 Å². The molecule has 0 spiro atoms. The van der Waals surface area contributed by atoms with Crippen LogP contribution in [0.5, 0.6) is 5.75 Å². The molecule has 4 heteroatoms. The number of para-hydroxylation sites is 1. The second-order valence-electron chi connectivity index (χ2n) is 4.64.